The van der Waals surface area contributed by atoms with Crippen molar-refractivity contribution in [3.63, 3.8) is 0 Å². The first-order valence-electron chi connectivity index (χ1n) is 3.51. The van der Waals surface area contributed by atoms with Gasteiger partial charge in [-0.15, -0.1) is 0 Å². The fraction of sp³-hybridized carbons (Fsp3) is 0.143. The summed E-state index contributed by atoms with van der Waals surface area (Å²) in [5, 5.41) is 0. The number of hydrogen-bond donors (Lipinski definition) is 4. The van der Waals surface area contributed by atoms with Crippen LogP contribution in [0.1, 0.15) is 5.56 Å². The van der Waals surface area contributed by atoms with Crippen LogP contribution in [-0.2, 0) is 11.1 Å². The Bertz CT molecular complexity index is 264. The molecule has 5 nitrogen and oxygen atoms in total. The van der Waals surface area contributed by atoms with E-state index >= 15 is 0 Å². The quantitative estimate of drug-likeness (QED) is 0.488. The molecular formula is C7H13N2O3P. The molecule has 0 fully saturated rings. The summed E-state index contributed by atoms with van der Waals surface area (Å²) in [7, 11) is -4.14. The Hall–Kier alpha value is -0.710. The van der Waals surface area contributed by atoms with E-state index in [2.05, 4.69) is 5.50 Å². The van der Waals surface area contributed by atoms with Crippen LogP contribution in [0.3, 0.4) is 0 Å². The highest BCUT2D eigenvalue weighted by molar-refractivity contribution is 7.49. The molecule has 0 heterocycles. The van der Waals surface area contributed by atoms with Crippen molar-refractivity contribution in [1.82, 2.24) is 0 Å². The van der Waals surface area contributed by atoms with E-state index in [1.54, 1.807) is 0 Å². The molecule has 0 unspecified atom stereocenters. The van der Waals surface area contributed by atoms with Gasteiger partial charge < -0.3 is 15.5 Å². The first kappa shape index (κ1) is 12.3. The number of rotatable bonds is 1. The molecule has 0 spiro atoms. The second-order valence-corrected chi connectivity index (χ2v) is 3.46. The lowest BCUT2D eigenvalue weighted by molar-refractivity contribution is 0.374. The lowest BCUT2D eigenvalue weighted by Crippen LogP contribution is -1.94. The lowest BCUT2D eigenvalue weighted by Gasteiger charge is -1.90. The molecule has 0 saturated heterocycles. The predicted molar refractivity (Wildman–Crippen MR) is 50.6 cm³/mol. The maximum absolute atomic E-state index is 9.10. The van der Waals surface area contributed by atoms with Crippen molar-refractivity contribution >= 4 is 7.75 Å². The van der Waals surface area contributed by atoms with Crippen molar-refractivity contribution in [2.24, 2.45) is 11.2 Å². The number of nitrogens with two attached hydrogens (primary N) is 2. The number of hydrogen-bond acceptors (Lipinski definition) is 2. The van der Waals surface area contributed by atoms with Crippen molar-refractivity contribution in [3.8, 4) is 0 Å². The van der Waals surface area contributed by atoms with Gasteiger partial charge in [0.2, 0.25) is 0 Å². The summed E-state index contributed by atoms with van der Waals surface area (Å²) in [4.78, 5) is 14.8. The Morgan fingerprint density at radius 3 is 1.85 bits per heavy atom. The van der Waals surface area contributed by atoms with Crippen LogP contribution < -0.4 is 11.2 Å². The summed E-state index contributed by atoms with van der Waals surface area (Å²) in [6.45, 7) is 0.640. The smallest absolute Gasteiger partial charge is 0.326 e. The summed E-state index contributed by atoms with van der Waals surface area (Å²) < 4.78 is 9.10. The first-order valence-corrected chi connectivity index (χ1v) is 5.19. The Kier molecular flexibility index (Phi) is 5.53. The Labute approximate surface area is 76.6 Å². The summed E-state index contributed by atoms with van der Waals surface area (Å²) in [5.41, 5.74) is 10.6. The van der Waals surface area contributed by atoms with Gasteiger partial charge in [0.15, 0.2) is 0 Å². The van der Waals surface area contributed by atoms with Crippen molar-refractivity contribution in [2.75, 3.05) is 0 Å². The van der Waals surface area contributed by atoms with Gasteiger partial charge in [-0.05, 0) is 5.56 Å². The summed E-state index contributed by atoms with van der Waals surface area (Å²) in [5.74, 6) is 0. The third-order valence-electron chi connectivity index (χ3n) is 1.08. The van der Waals surface area contributed by atoms with Crippen LogP contribution in [0.25, 0.3) is 0 Å². The molecule has 0 bridgehead atoms. The van der Waals surface area contributed by atoms with Gasteiger partial charge in [0.05, 0.1) is 0 Å². The van der Waals surface area contributed by atoms with E-state index in [0.29, 0.717) is 6.54 Å². The highest BCUT2D eigenvalue weighted by atomic mass is 31.2. The van der Waals surface area contributed by atoms with Gasteiger partial charge in [-0.25, -0.2) is 10.1 Å². The maximum Gasteiger partial charge on any atom is 0.397 e. The molecule has 0 saturated carbocycles. The average molecular weight is 204 g/mol. The van der Waals surface area contributed by atoms with Crippen LogP contribution in [0.2, 0.25) is 0 Å². The van der Waals surface area contributed by atoms with Gasteiger partial charge in [0, 0.05) is 6.54 Å². The molecule has 6 N–H and O–H groups in total. The van der Waals surface area contributed by atoms with Crippen LogP contribution in [0.15, 0.2) is 30.3 Å². The van der Waals surface area contributed by atoms with Crippen LogP contribution in [0.4, 0.5) is 0 Å². The third kappa shape index (κ3) is 11.3. The van der Waals surface area contributed by atoms with Crippen LogP contribution in [-0.4, -0.2) is 9.79 Å². The van der Waals surface area contributed by atoms with Crippen LogP contribution >= 0.6 is 7.75 Å². The zero-order valence-electron chi connectivity index (χ0n) is 7.00. The summed E-state index contributed by atoms with van der Waals surface area (Å²) in [6.07, 6.45) is 0. The van der Waals surface area contributed by atoms with Crippen molar-refractivity contribution in [1.29, 1.82) is 0 Å². The van der Waals surface area contributed by atoms with Gasteiger partial charge in [0.25, 0.3) is 0 Å². The molecule has 0 atom stereocenters. The van der Waals surface area contributed by atoms with Gasteiger partial charge in [-0.1, -0.05) is 30.3 Å². The minimum absolute atomic E-state index is 0.640. The average Bonchev–Trinajstić information content (AvgIpc) is 2.03. The van der Waals surface area contributed by atoms with Crippen LogP contribution in [0, 0.1) is 0 Å². The molecule has 0 aliphatic heterocycles. The highest BCUT2D eigenvalue weighted by Gasteiger charge is 1.96. The predicted octanol–water partition coefficient (Wildman–Crippen LogP) is 0.183. The standard InChI is InChI=1S/C7H9N.H4NO3P/c8-6-7-4-2-1-3-5-7;1-5(2,3)4/h1-5H,6,8H2;(H4,1,2,3,4). The molecule has 1 aromatic rings. The highest BCUT2D eigenvalue weighted by Crippen LogP contribution is 2.20. The third-order valence-corrected chi connectivity index (χ3v) is 1.08. The second-order valence-electron chi connectivity index (χ2n) is 2.28. The zero-order valence-corrected chi connectivity index (χ0v) is 7.89. The fourth-order valence-corrected chi connectivity index (χ4v) is 0.614. The van der Waals surface area contributed by atoms with E-state index in [0.717, 1.165) is 0 Å². The monoisotopic (exact) mass is 204 g/mol. The SMILES string of the molecule is NCc1ccccc1.NP(=O)(O)O. The van der Waals surface area contributed by atoms with Crippen molar-refractivity contribution in [3.05, 3.63) is 35.9 Å². The number of benzene rings is 1. The summed E-state index contributed by atoms with van der Waals surface area (Å²) in [6, 6.07) is 9.99. The zero-order chi connectivity index (χ0) is 10.3. The Morgan fingerprint density at radius 2 is 1.62 bits per heavy atom. The normalized spacial score (nSPS) is 10.2. The summed E-state index contributed by atoms with van der Waals surface area (Å²) >= 11 is 0. The Morgan fingerprint density at radius 1 is 1.23 bits per heavy atom. The van der Waals surface area contributed by atoms with Crippen molar-refractivity contribution < 1.29 is 14.4 Å². The van der Waals surface area contributed by atoms with Gasteiger partial charge in [-0.3, -0.25) is 0 Å². The molecule has 0 aliphatic rings. The largest absolute Gasteiger partial charge is 0.397 e. The molecule has 1 aromatic carbocycles. The van der Waals surface area contributed by atoms with Gasteiger partial charge >= 0.3 is 7.75 Å². The van der Waals surface area contributed by atoms with Crippen molar-refractivity contribution in [2.45, 2.75) is 6.54 Å². The van der Waals surface area contributed by atoms with Gasteiger partial charge in [0.1, 0.15) is 0 Å². The maximum atomic E-state index is 9.10. The fourth-order valence-electron chi connectivity index (χ4n) is 0.614. The van der Waals surface area contributed by atoms with E-state index in [9.17, 15) is 0 Å². The molecule has 1 rings (SSSR count). The van der Waals surface area contributed by atoms with E-state index in [1.807, 2.05) is 30.3 Å². The topological polar surface area (TPSA) is 110 Å². The molecule has 0 radical (unpaired) electrons. The molecule has 13 heavy (non-hydrogen) atoms. The van der Waals surface area contributed by atoms with E-state index in [4.69, 9.17) is 20.1 Å². The molecule has 6 heteroatoms. The minimum atomic E-state index is -4.14. The lowest BCUT2D eigenvalue weighted by atomic mass is 10.2. The Balaban J connectivity index is 0.000000252. The molecule has 0 aliphatic carbocycles. The molecule has 74 valence electrons. The second kappa shape index (κ2) is 5.85. The van der Waals surface area contributed by atoms with E-state index in [-0.39, 0.29) is 0 Å². The first-order chi connectivity index (χ1) is 5.93. The van der Waals surface area contributed by atoms with E-state index in [1.165, 1.54) is 5.56 Å². The molecule has 0 amide bonds. The van der Waals surface area contributed by atoms with E-state index < -0.39 is 7.75 Å². The minimum Gasteiger partial charge on any atom is -0.326 e. The van der Waals surface area contributed by atoms with Crippen LogP contribution in [0.5, 0.6) is 0 Å². The van der Waals surface area contributed by atoms with Gasteiger partial charge in [-0.2, -0.15) is 0 Å². The molecular weight excluding hydrogens is 191 g/mol. The molecule has 0 aromatic heterocycles.